The summed E-state index contributed by atoms with van der Waals surface area (Å²) in [7, 11) is 0.854. The maximum Gasteiger partial charge on any atom is 0.293 e. The summed E-state index contributed by atoms with van der Waals surface area (Å²) in [5, 5.41) is 2.88. The summed E-state index contributed by atoms with van der Waals surface area (Å²) in [6.07, 6.45) is 3.15. The van der Waals surface area contributed by atoms with Gasteiger partial charge >= 0.3 is 0 Å². The minimum absolute atomic E-state index is 0.167. The number of rotatable bonds is 5. The number of nitrogens with zero attached hydrogens (tertiary/aromatic N) is 2. The molecule has 0 aliphatic heterocycles. The van der Waals surface area contributed by atoms with E-state index in [9.17, 15) is 9.00 Å². The Morgan fingerprint density at radius 3 is 3.00 bits per heavy atom. The summed E-state index contributed by atoms with van der Waals surface area (Å²) in [6, 6.07) is 0. The highest BCUT2D eigenvalue weighted by molar-refractivity contribution is 7.84. The summed E-state index contributed by atoms with van der Waals surface area (Å²) in [5.41, 5.74) is -0.167. The van der Waals surface area contributed by atoms with E-state index < -0.39 is 10.8 Å². The zero-order chi connectivity index (χ0) is 11.3. The van der Waals surface area contributed by atoms with E-state index in [1.165, 1.54) is 4.57 Å². The van der Waals surface area contributed by atoms with E-state index in [4.69, 9.17) is 0 Å². The molecule has 6 heteroatoms. The Labute approximate surface area is 91.0 Å². The van der Waals surface area contributed by atoms with Gasteiger partial charge < -0.3 is 9.88 Å². The van der Waals surface area contributed by atoms with Gasteiger partial charge in [0, 0.05) is 48.3 Å². The number of nitrogens with one attached hydrogen (secondary N) is 1. The average molecular weight is 229 g/mol. The fourth-order valence-corrected chi connectivity index (χ4v) is 1.67. The van der Waals surface area contributed by atoms with Crippen LogP contribution in [0.1, 0.15) is 6.92 Å². The fraction of sp³-hybridized carbons (Fsp3) is 0.556. The third kappa shape index (κ3) is 3.47. The van der Waals surface area contributed by atoms with E-state index in [2.05, 4.69) is 10.3 Å². The Kier molecular flexibility index (Phi) is 4.48. The van der Waals surface area contributed by atoms with Crippen LogP contribution in [0.2, 0.25) is 0 Å². The number of hydrogen-bond donors (Lipinski definition) is 1. The van der Waals surface area contributed by atoms with Gasteiger partial charge in [-0.15, -0.1) is 0 Å². The van der Waals surface area contributed by atoms with E-state index in [-0.39, 0.29) is 5.56 Å². The highest BCUT2D eigenvalue weighted by atomic mass is 32.2. The van der Waals surface area contributed by atoms with Crippen LogP contribution in [-0.4, -0.2) is 31.8 Å². The quantitative estimate of drug-likeness (QED) is 0.769. The van der Waals surface area contributed by atoms with Gasteiger partial charge in [0.15, 0.2) is 5.82 Å². The lowest BCUT2D eigenvalue weighted by molar-refractivity contribution is 0.684. The fourth-order valence-electron chi connectivity index (χ4n) is 1.05. The van der Waals surface area contributed by atoms with Crippen molar-refractivity contribution in [2.45, 2.75) is 6.92 Å². The second-order valence-corrected chi connectivity index (χ2v) is 4.92. The average Bonchev–Trinajstić information content (AvgIpc) is 2.24. The molecule has 15 heavy (non-hydrogen) atoms. The van der Waals surface area contributed by atoms with Crippen molar-refractivity contribution < 1.29 is 4.21 Å². The van der Waals surface area contributed by atoms with E-state index >= 15 is 0 Å². The first-order valence-electron chi connectivity index (χ1n) is 4.75. The molecule has 0 amide bonds. The third-order valence-electron chi connectivity index (χ3n) is 1.96. The van der Waals surface area contributed by atoms with Gasteiger partial charge in [0.05, 0.1) is 0 Å². The molecule has 1 aromatic rings. The van der Waals surface area contributed by atoms with Crippen LogP contribution >= 0.6 is 0 Å². The van der Waals surface area contributed by atoms with Crippen molar-refractivity contribution in [2.24, 2.45) is 7.05 Å². The molecule has 0 radical (unpaired) electrons. The van der Waals surface area contributed by atoms with Crippen molar-refractivity contribution in [3.8, 4) is 0 Å². The normalized spacial score (nSPS) is 12.4. The smallest absolute Gasteiger partial charge is 0.293 e. The Morgan fingerprint density at radius 1 is 1.60 bits per heavy atom. The van der Waals surface area contributed by atoms with Crippen LogP contribution in [0.15, 0.2) is 17.2 Å². The monoisotopic (exact) mass is 229 g/mol. The van der Waals surface area contributed by atoms with Crippen LogP contribution in [-0.2, 0) is 17.8 Å². The molecule has 0 aromatic carbocycles. The van der Waals surface area contributed by atoms with Crippen molar-refractivity contribution in [3.63, 3.8) is 0 Å². The Bertz CT molecular complexity index is 403. The van der Waals surface area contributed by atoms with Crippen LogP contribution < -0.4 is 10.9 Å². The minimum atomic E-state index is -0.812. The first kappa shape index (κ1) is 11.9. The van der Waals surface area contributed by atoms with E-state index in [1.807, 2.05) is 6.92 Å². The topological polar surface area (TPSA) is 64.0 Å². The molecule has 1 aromatic heterocycles. The lowest BCUT2D eigenvalue weighted by atomic mass is 10.6. The molecular formula is C9H15N3O2S. The van der Waals surface area contributed by atoms with Gasteiger partial charge in [-0.25, -0.2) is 4.98 Å². The second kappa shape index (κ2) is 5.65. The van der Waals surface area contributed by atoms with Crippen molar-refractivity contribution in [3.05, 3.63) is 22.7 Å². The van der Waals surface area contributed by atoms with Gasteiger partial charge in [-0.05, 0) is 0 Å². The third-order valence-corrected chi connectivity index (χ3v) is 3.26. The lowest BCUT2D eigenvalue weighted by Crippen LogP contribution is -2.24. The summed E-state index contributed by atoms with van der Waals surface area (Å²) >= 11 is 0. The van der Waals surface area contributed by atoms with Crippen LogP contribution in [0.3, 0.4) is 0 Å². The van der Waals surface area contributed by atoms with Crippen molar-refractivity contribution in [1.29, 1.82) is 0 Å². The Morgan fingerprint density at radius 2 is 2.33 bits per heavy atom. The molecule has 0 saturated heterocycles. The van der Waals surface area contributed by atoms with Gasteiger partial charge in [-0.1, -0.05) is 6.92 Å². The van der Waals surface area contributed by atoms with Gasteiger partial charge in [0.25, 0.3) is 5.56 Å². The number of anilines is 1. The SMILES string of the molecule is CCS(=O)CCNc1nccn(C)c1=O. The first-order valence-corrected chi connectivity index (χ1v) is 6.24. The summed E-state index contributed by atoms with van der Waals surface area (Å²) in [6.45, 7) is 2.38. The molecule has 1 rings (SSSR count). The van der Waals surface area contributed by atoms with E-state index in [1.54, 1.807) is 19.4 Å². The van der Waals surface area contributed by atoms with E-state index in [0.29, 0.717) is 23.9 Å². The van der Waals surface area contributed by atoms with Crippen molar-refractivity contribution >= 4 is 16.6 Å². The van der Waals surface area contributed by atoms with Gasteiger partial charge in [-0.2, -0.15) is 0 Å². The Hall–Kier alpha value is -1.17. The molecule has 0 fully saturated rings. The molecule has 5 nitrogen and oxygen atoms in total. The highest BCUT2D eigenvalue weighted by Gasteiger charge is 2.02. The second-order valence-electron chi connectivity index (χ2n) is 3.05. The number of aromatic nitrogens is 2. The molecule has 84 valence electrons. The van der Waals surface area contributed by atoms with Crippen LogP contribution in [0, 0.1) is 0 Å². The van der Waals surface area contributed by atoms with Crippen LogP contribution in [0.4, 0.5) is 5.82 Å². The number of aryl methyl sites for hydroxylation is 1. The van der Waals surface area contributed by atoms with Crippen molar-refractivity contribution in [2.75, 3.05) is 23.4 Å². The summed E-state index contributed by atoms with van der Waals surface area (Å²) < 4.78 is 12.6. The van der Waals surface area contributed by atoms with Crippen LogP contribution in [0.5, 0.6) is 0 Å². The largest absolute Gasteiger partial charge is 0.365 e. The minimum Gasteiger partial charge on any atom is -0.365 e. The zero-order valence-corrected chi connectivity index (χ0v) is 9.71. The molecule has 0 spiro atoms. The maximum atomic E-state index is 11.5. The predicted molar refractivity (Wildman–Crippen MR) is 61.5 cm³/mol. The van der Waals surface area contributed by atoms with Gasteiger partial charge in [-0.3, -0.25) is 9.00 Å². The molecule has 0 aliphatic rings. The van der Waals surface area contributed by atoms with E-state index in [0.717, 1.165) is 0 Å². The highest BCUT2D eigenvalue weighted by Crippen LogP contribution is 1.91. The molecule has 1 unspecified atom stereocenters. The van der Waals surface area contributed by atoms with Crippen LogP contribution in [0.25, 0.3) is 0 Å². The summed E-state index contributed by atoms with van der Waals surface area (Å²) in [5.74, 6) is 1.49. The molecular weight excluding hydrogens is 214 g/mol. The summed E-state index contributed by atoms with van der Waals surface area (Å²) in [4.78, 5) is 15.4. The van der Waals surface area contributed by atoms with Gasteiger partial charge in [0.1, 0.15) is 0 Å². The molecule has 0 bridgehead atoms. The molecule has 1 heterocycles. The maximum absolute atomic E-state index is 11.5. The number of hydrogen-bond acceptors (Lipinski definition) is 4. The molecule has 1 N–H and O–H groups in total. The van der Waals surface area contributed by atoms with Crippen molar-refractivity contribution in [1.82, 2.24) is 9.55 Å². The Balaban J connectivity index is 2.55. The molecule has 1 atom stereocenters. The molecule has 0 aliphatic carbocycles. The predicted octanol–water partition coefficient (Wildman–Crippen LogP) is -0.0392. The first-order chi connectivity index (χ1) is 7.15. The lowest BCUT2D eigenvalue weighted by Gasteiger charge is -2.04. The van der Waals surface area contributed by atoms with Gasteiger partial charge in [0.2, 0.25) is 0 Å². The standard InChI is InChI=1S/C9H15N3O2S/c1-3-15(14)7-5-11-8-9(13)12(2)6-4-10-8/h4,6H,3,5,7H2,1-2H3,(H,10,11). The zero-order valence-electron chi connectivity index (χ0n) is 8.90. The molecule has 0 saturated carbocycles.